The summed E-state index contributed by atoms with van der Waals surface area (Å²) in [7, 11) is 0. The van der Waals surface area contributed by atoms with Gasteiger partial charge < -0.3 is 19.3 Å². The molecule has 0 unspecified atom stereocenters. The third kappa shape index (κ3) is 4.33. The maximum atomic E-state index is 12.6. The van der Waals surface area contributed by atoms with Gasteiger partial charge in [-0.3, -0.25) is 4.79 Å². The van der Waals surface area contributed by atoms with Gasteiger partial charge in [0.1, 0.15) is 13.2 Å². The van der Waals surface area contributed by atoms with Crippen molar-refractivity contribution in [2.75, 3.05) is 50.0 Å². The van der Waals surface area contributed by atoms with Crippen LogP contribution in [0.5, 0.6) is 11.5 Å². The molecule has 148 valence electrons. The van der Waals surface area contributed by atoms with Gasteiger partial charge in [0, 0.05) is 41.8 Å². The van der Waals surface area contributed by atoms with Gasteiger partial charge in [0.2, 0.25) is 5.91 Å². The molecule has 0 aliphatic carbocycles. The maximum absolute atomic E-state index is 12.6. The largest absolute Gasteiger partial charge is 0.486 e. The molecule has 5 nitrogen and oxygen atoms in total. The monoisotopic (exact) mass is 418 g/mol. The highest BCUT2D eigenvalue weighted by Gasteiger charge is 2.22. The van der Waals surface area contributed by atoms with Gasteiger partial charge in [-0.25, -0.2) is 0 Å². The summed E-state index contributed by atoms with van der Waals surface area (Å²) >= 11 is 7.69. The van der Waals surface area contributed by atoms with Gasteiger partial charge in [-0.1, -0.05) is 17.7 Å². The number of benzene rings is 2. The summed E-state index contributed by atoms with van der Waals surface area (Å²) in [4.78, 5) is 17.9. The van der Waals surface area contributed by atoms with Crippen molar-refractivity contribution in [3.63, 3.8) is 0 Å². The highest BCUT2D eigenvalue weighted by molar-refractivity contribution is 8.00. The molecule has 1 saturated heterocycles. The average Bonchev–Trinajstić information content (AvgIpc) is 2.73. The second-order valence-corrected chi connectivity index (χ2v) is 8.38. The second kappa shape index (κ2) is 8.53. The number of amides is 1. The SMILES string of the molecule is Cc1ccc(Cl)cc1N1CCN(C(=O)CSc2ccc3c(c2)OCCO3)CC1. The van der Waals surface area contributed by atoms with Gasteiger partial charge in [0.15, 0.2) is 11.5 Å². The summed E-state index contributed by atoms with van der Waals surface area (Å²) in [5.74, 6) is 2.13. The molecule has 0 N–H and O–H groups in total. The van der Waals surface area contributed by atoms with E-state index in [4.69, 9.17) is 21.1 Å². The molecule has 2 aliphatic rings. The summed E-state index contributed by atoms with van der Waals surface area (Å²) in [5.41, 5.74) is 2.36. The first-order chi connectivity index (χ1) is 13.6. The fraction of sp³-hybridized carbons (Fsp3) is 0.381. The molecule has 1 fully saturated rings. The summed E-state index contributed by atoms with van der Waals surface area (Å²) in [6.07, 6.45) is 0. The summed E-state index contributed by atoms with van der Waals surface area (Å²) in [6.45, 7) is 6.34. The molecule has 0 saturated carbocycles. The van der Waals surface area contributed by atoms with Crippen molar-refractivity contribution >= 4 is 35.0 Å². The molecule has 2 heterocycles. The molecule has 2 aromatic rings. The first kappa shape index (κ1) is 19.3. The fourth-order valence-electron chi connectivity index (χ4n) is 3.47. The van der Waals surface area contributed by atoms with Crippen LogP contribution in [0.4, 0.5) is 5.69 Å². The Morgan fingerprint density at radius 2 is 1.79 bits per heavy atom. The Morgan fingerprint density at radius 1 is 1.04 bits per heavy atom. The molecule has 2 aromatic carbocycles. The molecule has 28 heavy (non-hydrogen) atoms. The smallest absolute Gasteiger partial charge is 0.233 e. The molecular weight excluding hydrogens is 396 g/mol. The number of nitrogens with zero attached hydrogens (tertiary/aromatic N) is 2. The van der Waals surface area contributed by atoms with Gasteiger partial charge in [-0.05, 0) is 42.8 Å². The lowest BCUT2D eigenvalue weighted by atomic mass is 10.1. The van der Waals surface area contributed by atoms with Crippen molar-refractivity contribution in [3.05, 3.63) is 47.0 Å². The maximum Gasteiger partial charge on any atom is 0.233 e. The van der Waals surface area contributed by atoms with Gasteiger partial charge >= 0.3 is 0 Å². The van der Waals surface area contributed by atoms with Gasteiger partial charge in [-0.15, -0.1) is 11.8 Å². The van der Waals surface area contributed by atoms with Crippen LogP contribution in [0, 0.1) is 6.92 Å². The van der Waals surface area contributed by atoms with Crippen LogP contribution < -0.4 is 14.4 Å². The number of thioether (sulfide) groups is 1. The van der Waals surface area contributed by atoms with Crippen LogP contribution in [0.1, 0.15) is 5.56 Å². The predicted octanol–water partition coefficient (Wildman–Crippen LogP) is 3.86. The Morgan fingerprint density at radius 3 is 2.57 bits per heavy atom. The van der Waals surface area contributed by atoms with Crippen LogP contribution >= 0.6 is 23.4 Å². The Hall–Kier alpha value is -2.05. The minimum absolute atomic E-state index is 0.169. The number of rotatable bonds is 4. The topological polar surface area (TPSA) is 42.0 Å². The number of carbonyl (C=O) groups is 1. The number of halogens is 1. The summed E-state index contributed by atoms with van der Waals surface area (Å²) < 4.78 is 11.1. The molecule has 7 heteroatoms. The molecule has 0 atom stereocenters. The molecule has 4 rings (SSSR count). The van der Waals surface area contributed by atoms with Crippen molar-refractivity contribution < 1.29 is 14.3 Å². The third-order valence-electron chi connectivity index (χ3n) is 5.02. The standard InChI is InChI=1S/C21H23ClN2O3S/c1-15-2-3-16(22)12-18(15)23-6-8-24(9-7-23)21(25)14-28-17-4-5-19-20(13-17)27-11-10-26-19/h2-5,12-13H,6-11,14H2,1H3. The molecule has 0 spiro atoms. The zero-order valence-electron chi connectivity index (χ0n) is 15.8. The minimum atomic E-state index is 0.169. The molecule has 0 bridgehead atoms. The highest BCUT2D eigenvalue weighted by Crippen LogP contribution is 2.34. The number of anilines is 1. The Bertz CT molecular complexity index is 869. The van der Waals surface area contributed by atoms with Crippen molar-refractivity contribution in [1.82, 2.24) is 4.90 Å². The van der Waals surface area contributed by atoms with E-state index in [1.807, 2.05) is 41.3 Å². The first-order valence-electron chi connectivity index (χ1n) is 9.41. The van der Waals surface area contributed by atoms with E-state index in [-0.39, 0.29) is 5.91 Å². The van der Waals surface area contributed by atoms with Crippen molar-refractivity contribution in [2.45, 2.75) is 11.8 Å². The van der Waals surface area contributed by atoms with E-state index in [9.17, 15) is 4.79 Å². The van der Waals surface area contributed by atoms with Crippen molar-refractivity contribution in [1.29, 1.82) is 0 Å². The van der Waals surface area contributed by atoms with E-state index in [1.54, 1.807) is 0 Å². The summed E-state index contributed by atoms with van der Waals surface area (Å²) in [6, 6.07) is 11.8. The lowest BCUT2D eigenvalue weighted by Crippen LogP contribution is -2.49. The Balaban J connectivity index is 1.30. The number of fused-ring (bicyclic) bond motifs is 1. The van der Waals surface area contributed by atoms with Crippen LogP contribution in [0.15, 0.2) is 41.3 Å². The quantitative estimate of drug-likeness (QED) is 0.705. The lowest BCUT2D eigenvalue weighted by molar-refractivity contribution is -0.128. The third-order valence-corrected chi connectivity index (χ3v) is 6.23. The van der Waals surface area contributed by atoms with E-state index < -0.39 is 0 Å². The number of ether oxygens (including phenoxy) is 2. The fourth-order valence-corrected chi connectivity index (χ4v) is 4.46. The second-order valence-electron chi connectivity index (χ2n) is 6.89. The van der Waals surface area contributed by atoms with Gasteiger partial charge in [0.25, 0.3) is 0 Å². The van der Waals surface area contributed by atoms with E-state index in [0.717, 1.165) is 53.3 Å². The van der Waals surface area contributed by atoms with Crippen LogP contribution in [0.2, 0.25) is 5.02 Å². The predicted molar refractivity (Wildman–Crippen MR) is 113 cm³/mol. The number of aryl methyl sites for hydroxylation is 1. The zero-order chi connectivity index (χ0) is 19.5. The van der Waals surface area contributed by atoms with Crippen LogP contribution in [0.3, 0.4) is 0 Å². The number of hydrogen-bond donors (Lipinski definition) is 0. The van der Waals surface area contributed by atoms with Crippen molar-refractivity contribution in [2.24, 2.45) is 0 Å². The zero-order valence-corrected chi connectivity index (χ0v) is 17.4. The number of piperazine rings is 1. The average molecular weight is 419 g/mol. The van der Waals surface area contributed by atoms with Gasteiger partial charge in [-0.2, -0.15) is 0 Å². The van der Waals surface area contributed by atoms with E-state index >= 15 is 0 Å². The number of hydrogen-bond acceptors (Lipinski definition) is 5. The van der Waals surface area contributed by atoms with E-state index in [0.29, 0.717) is 19.0 Å². The minimum Gasteiger partial charge on any atom is -0.486 e. The normalized spacial score (nSPS) is 16.2. The van der Waals surface area contributed by atoms with Crippen molar-refractivity contribution in [3.8, 4) is 11.5 Å². The van der Waals surface area contributed by atoms with Crippen LogP contribution in [-0.4, -0.2) is 56.0 Å². The van der Waals surface area contributed by atoms with Crippen LogP contribution in [-0.2, 0) is 4.79 Å². The molecule has 2 aliphatic heterocycles. The van der Waals surface area contributed by atoms with E-state index in [1.165, 1.54) is 17.3 Å². The highest BCUT2D eigenvalue weighted by atomic mass is 35.5. The lowest BCUT2D eigenvalue weighted by Gasteiger charge is -2.37. The van der Waals surface area contributed by atoms with Gasteiger partial charge in [0.05, 0.1) is 5.75 Å². The van der Waals surface area contributed by atoms with Crippen LogP contribution in [0.25, 0.3) is 0 Å². The molecule has 0 aromatic heterocycles. The molecule has 1 amide bonds. The molecule has 0 radical (unpaired) electrons. The van der Waals surface area contributed by atoms with E-state index in [2.05, 4.69) is 11.8 Å². The Labute approximate surface area is 174 Å². The molecular formula is C21H23ClN2O3S. The number of carbonyl (C=O) groups excluding carboxylic acids is 1. The summed E-state index contributed by atoms with van der Waals surface area (Å²) in [5, 5.41) is 0.745. The first-order valence-corrected chi connectivity index (χ1v) is 10.8. The Kier molecular flexibility index (Phi) is 5.87.